The minimum Gasteiger partial charge on any atom is -0.459 e. The molecular formula is C65H103N7O15. The maximum Gasteiger partial charge on any atom is 0.407 e. The number of ketones is 2. The van der Waals surface area contributed by atoms with Crippen LogP contribution in [0.3, 0.4) is 0 Å². The number of hydrogen-bond acceptors (Lipinski definition) is 20. The van der Waals surface area contributed by atoms with Crippen molar-refractivity contribution in [2.24, 2.45) is 35.3 Å². The van der Waals surface area contributed by atoms with E-state index in [1.807, 2.05) is 71.1 Å². The molecule has 4 aliphatic heterocycles. The number of anilines is 1. The first-order valence-electron chi connectivity index (χ1n) is 31.7. The molecule has 488 valence electrons. The molecule has 16 atom stereocenters. The molecule has 2 bridgehead atoms. The third-order valence-electron chi connectivity index (χ3n) is 18.5. The molecule has 5 N–H and O–H groups in total. The van der Waals surface area contributed by atoms with E-state index in [2.05, 4.69) is 25.1 Å². The van der Waals surface area contributed by atoms with Gasteiger partial charge in [-0.3, -0.25) is 19.3 Å². The zero-order valence-corrected chi connectivity index (χ0v) is 53.6. The number of piperidine rings is 1. The Balaban J connectivity index is 1.18. The van der Waals surface area contributed by atoms with Gasteiger partial charge in [-0.15, -0.1) is 0 Å². The monoisotopic (exact) mass is 1220 g/mol. The topological polar surface area (TPSA) is 273 Å². The number of cyclic esters (lactones) is 1. The first-order chi connectivity index (χ1) is 41.6. The Hall–Kier alpha value is -5.01. The van der Waals surface area contributed by atoms with E-state index < -0.39 is 108 Å². The molecule has 0 unspecified atom stereocenters. The zero-order chi connectivity index (χ0) is 63.4. The average molecular weight is 1220 g/mol. The number of nitrogens with one attached hydrogen (secondary N) is 1. The van der Waals surface area contributed by atoms with Crippen LogP contribution in [0.25, 0.3) is 0 Å². The Labute approximate surface area is 516 Å². The van der Waals surface area contributed by atoms with E-state index in [0.717, 1.165) is 43.9 Å². The Morgan fingerprint density at radius 3 is 2.23 bits per heavy atom. The number of Topliss-reactive ketones (excluding diaryl/α,β-unsaturated/α-hetero) is 2. The Morgan fingerprint density at radius 1 is 0.828 bits per heavy atom. The number of amides is 2. The highest BCUT2D eigenvalue weighted by atomic mass is 16.6. The second-order valence-corrected chi connectivity index (χ2v) is 24.8. The molecule has 3 saturated heterocycles. The molecule has 22 heteroatoms. The summed E-state index contributed by atoms with van der Waals surface area (Å²) in [5.74, 6) is -6.63. The third-order valence-corrected chi connectivity index (χ3v) is 18.5. The van der Waals surface area contributed by atoms with Crippen LogP contribution in [0, 0.1) is 29.6 Å². The largest absolute Gasteiger partial charge is 0.459 e. The summed E-state index contributed by atoms with van der Waals surface area (Å²) in [5, 5.41) is 26.7. The molecular weight excluding hydrogens is 1120 g/mol. The van der Waals surface area contributed by atoms with Crippen LogP contribution < -0.4 is 16.0 Å². The van der Waals surface area contributed by atoms with Crippen molar-refractivity contribution in [2.45, 2.75) is 199 Å². The lowest BCUT2D eigenvalue weighted by molar-refractivity contribution is -0.265. The number of aliphatic hydroxyl groups excluding tert-OH is 1. The van der Waals surface area contributed by atoms with E-state index in [9.17, 15) is 34.2 Å². The van der Waals surface area contributed by atoms with Crippen molar-refractivity contribution in [2.75, 3.05) is 85.8 Å². The summed E-state index contributed by atoms with van der Waals surface area (Å²) >= 11 is 0. The molecule has 4 fully saturated rings. The summed E-state index contributed by atoms with van der Waals surface area (Å²) in [7, 11) is 6.09. The number of methoxy groups -OCH3 is 4. The second-order valence-electron chi connectivity index (χ2n) is 24.8. The van der Waals surface area contributed by atoms with Gasteiger partial charge in [0.05, 0.1) is 31.0 Å². The number of ether oxygens (including phenoxy) is 8. The number of aromatic nitrogens is 2. The SMILES string of the molecule is CCOCCN1CCN(c2ncc(CNC(=O)O[C@@H]3CC[C@@H](C[C@@H](N)[C@@H]4C[C@@H](OC)[C@H](C)/C=C(\C)[C@@H](O)[C@@H](OC)C(=O)[C@H](C)C[C@H](C)/C=C/C=C/C=C(\C)[C@@H](OC)C[C@@H]5CC[C@@H](C)[C@@](O)(O5)C(=O)C(=O)N5CCCC[C@H]5C(=O)O4)C[C@H]3OC)cn2)CC1. The summed E-state index contributed by atoms with van der Waals surface area (Å²) in [6.45, 7) is 19.0. The smallest absolute Gasteiger partial charge is 0.407 e. The number of carbonyl (C=O) groups is 5. The number of rotatable bonds is 15. The summed E-state index contributed by atoms with van der Waals surface area (Å²) in [6.07, 6.45) is 13.1. The van der Waals surface area contributed by atoms with Crippen LogP contribution in [0.1, 0.15) is 131 Å². The number of aliphatic hydroxyl groups is 2. The second kappa shape index (κ2) is 34.8. The predicted molar refractivity (Wildman–Crippen MR) is 328 cm³/mol. The maximum absolute atomic E-state index is 14.8. The third kappa shape index (κ3) is 20.0. The molecule has 5 aliphatic rings. The Morgan fingerprint density at radius 2 is 1.55 bits per heavy atom. The van der Waals surface area contributed by atoms with Gasteiger partial charge in [0, 0.05) is 135 Å². The van der Waals surface area contributed by atoms with Crippen molar-refractivity contribution >= 4 is 35.5 Å². The van der Waals surface area contributed by atoms with Gasteiger partial charge in [0.15, 0.2) is 5.78 Å². The van der Waals surface area contributed by atoms with Gasteiger partial charge in [-0.05, 0) is 108 Å². The van der Waals surface area contributed by atoms with Gasteiger partial charge in [0.1, 0.15) is 30.5 Å². The molecule has 2 amide bonds. The van der Waals surface area contributed by atoms with Crippen LogP contribution >= 0.6 is 0 Å². The summed E-state index contributed by atoms with van der Waals surface area (Å²) in [6, 6.07) is -1.96. The molecule has 0 aromatic carbocycles. The standard InChI is InChI=1S/C65H103N7O15/c1-12-84-31-30-70-26-28-71(29-27-70)63-67-38-48(39-68-63)40-69-64(78)86-52-24-22-47(35-56(52)82-10)34-50(66)55-37-54(81-9)43(4)33-45(6)58(74)59(83-11)57(73)44(5)32-41(2)18-14-13-15-19-42(3)53(80-8)36-49-23-21-46(7)65(79,87-49)60(75)61(76)72-25-17-16-20-51(72)62(77)85-55/h13-15,18-19,33,38-39,41,43-44,46-47,49-56,58-59,74,79H,12,16-17,20-32,34-37,40,66H2,1-11H3,(H,69,78)/b15-13+,18-14+,42-19+,45-33+/t41-,43-,44-,46-,47+,49+,50-,51+,52-,53+,54-,55+,56-,58-,59+,65-/m1/s1. The van der Waals surface area contributed by atoms with Gasteiger partial charge in [0.25, 0.3) is 11.7 Å². The van der Waals surface area contributed by atoms with Crippen LogP contribution in [0.4, 0.5) is 10.7 Å². The van der Waals surface area contributed by atoms with E-state index >= 15 is 0 Å². The van der Waals surface area contributed by atoms with E-state index in [-0.39, 0.29) is 43.6 Å². The van der Waals surface area contributed by atoms with Crippen LogP contribution in [0.5, 0.6) is 0 Å². The van der Waals surface area contributed by atoms with Crippen LogP contribution in [-0.2, 0) is 63.6 Å². The molecule has 22 nitrogen and oxygen atoms in total. The van der Waals surface area contributed by atoms with Gasteiger partial charge in [-0.1, -0.05) is 64.2 Å². The van der Waals surface area contributed by atoms with E-state index in [1.54, 1.807) is 40.5 Å². The number of fused-ring (bicyclic) bond motifs is 3. The number of piperazine rings is 1. The summed E-state index contributed by atoms with van der Waals surface area (Å²) in [4.78, 5) is 85.9. The Bertz CT molecular complexity index is 2490. The molecule has 1 aliphatic carbocycles. The fourth-order valence-corrected chi connectivity index (χ4v) is 12.9. The first-order valence-corrected chi connectivity index (χ1v) is 31.7. The first kappa shape index (κ1) is 71.1. The average Bonchev–Trinajstić information content (AvgIpc) is 1.10. The minimum absolute atomic E-state index is 0.0127. The highest BCUT2D eigenvalue weighted by molar-refractivity contribution is 6.39. The lowest BCUT2D eigenvalue weighted by Gasteiger charge is -2.43. The van der Waals surface area contributed by atoms with Crippen molar-refractivity contribution < 1.29 is 72.1 Å². The number of allylic oxidation sites excluding steroid dienone is 5. The number of esters is 1. The van der Waals surface area contributed by atoms with Crippen LogP contribution in [0.15, 0.2) is 60.0 Å². The molecule has 0 spiro atoms. The lowest BCUT2D eigenvalue weighted by Crippen LogP contribution is -2.61. The van der Waals surface area contributed by atoms with Crippen molar-refractivity contribution in [3.8, 4) is 0 Å². The number of nitrogens with zero attached hydrogens (tertiary/aromatic N) is 5. The number of carbonyl (C=O) groups excluding carboxylic acids is 5. The van der Waals surface area contributed by atoms with Gasteiger partial charge < -0.3 is 69.0 Å². The van der Waals surface area contributed by atoms with Gasteiger partial charge in [-0.2, -0.15) is 0 Å². The van der Waals surface area contributed by atoms with E-state index in [0.29, 0.717) is 88.9 Å². The lowest BCUT2D eigenvalue weighted by atomic mass is 9.80. The maximum atomic E-state index is 14.8. The van der Waals surface area contributed by atoms with E-state index in [1.165, 1.54) is 19.1 Å². The zero-order valence-electron chi connectivity index (χ0n) is 53.6. The summed E-state index contributed by atoms with van der Waals surface area (Å²) < 4.78 is 47.8. The van der Waals surface area contributed by atoms with Crippen molar-refractivity contribution in [3.63, 3.8) is 0 Å². The quantitative estimate of drug-likeness (QED) is 0.0658. The van der Waals surface area contributed by atoms with Crippen molar-refractivity contribution in [1.29, 1.82) is 0 Å². The van der Waals surface area contributed by atoms with Crippen LogP contribution in [-0.4, -0.2) is 207 Å². The molecule has 1 aromatic rings. The van der Waals surface area contributed by atoms with Crippen molar-refractivity contribution in [1.82, 2.24) is 25.1 Å². The number of alkyl carbamates (subject to hydrolysis) is 1. The van der Waals surface area contributed by atoms with Crippen LogP contribution in [0.2, 0.25) is 0 Å². The van der Waals surface area contributed by atoms with Gasteiger partial charge in [-0.25, -0.2) is 19.6 Å². The predicted octanol–water partition coefficient (Wildman–Crippen LogP) is 6.20. The van der Waals surface area contributed by atoms with Gasteiger partial charge in [0.2, 0.25) is 11.7 Å². The molecule has 0 radical (unpaired) electrons. The minimum atomic E-state index is -2.46. The number of hydrogen-bond donors (Lipinski definition) is 4. The highest BCUT2D eigenvalue weighted by Gasteiger charge is 2.53. The highest BCUT2D eigenvalue weighted by Crippen LogP contribution is 2.38. The molecule has 1 aromatic heterocycles. The van der Waals surface area contributed by atoms with Crippen molar-refractivity contribution in [3.05, 3.63) is 65.6 Å². The Kier molecular flexibility index (Phi) is 28.4. The fourth-order valence-electron chi connectivity index (χ4n) is 12.9. The molecule has 6 rings (SSSR count). The van der Waals surface area contributed by atoms with E-state index in [4.69, 9.17) is 43.6 Å². The summed E-state index contributed by atoms with van der Waals surface area (Å²) in [5.41, 5.74) is 9.26. The normalized spacial score (nSPS) is 35.2. The molecule has 5 heterocycles. The molecule has 1 saturated carbocycles. The number of nitrogens with two attached hydrogens (primary N) is 1. The van der Waals surface area contributed by atoms with Gasteiger partial charge >= 0.3 is 12.1 Å². The fraction of sp³-hybridized carbons (Fsp3) is 0.738. The molecule has 87 heavy (non-hydrogen) atoms.